The van der Waals surface area contributed by atoms with Gasteiger partial charge in [-0.3, -0.25) is 19.4 Å². The summed E-state index contributed by atoms with van der Waals surface area (Å²) < 4.78 is 5.40. The number of ketones is 3. The van der Waals surface area contributed by atoms with E-state index < -0.39 is 0 Å². The van der Waals surface area contributed by atoms with Crippen LogP contribution in [0.4, 0.5) is 5.69 Å². The Morgan fingerprint density at radius 3 is 1.71 bits per heavy atom. The van der Waals surface area contributed by atoms with E-state index in [2.05, 4.69) is 9.88 Å². The molecule has 1 fully saturated rings. The zero-order valence-electron chi connectivity index (χ0n) is 21.0. The van der Waals surface area contributed by atoms with Crippen molar-refractivity contribution in [2.24, 2.45) is 0 Å². The highest BCUT2D eigenvalue weighted by molar-refractivity contribution is 6.09. The van der Waals surface area contributed by atoms with Crippen molar-refractivity contribution < 1.29 is 19.1 Å². The first-order chi connectivity index (χ1) is 18.6. The summed E-state index contributed by atoms with van der Waals surface area (Å²) in [5.41, 5.74) is 5.12. The van der Waals surface area contributed by atoms with E-state index in [1.165, 1.54) is 0 Å². The molecule has 0 aliphatic carbocycles. The van der Waals surface area contributed by atoms with E-state index in [9.17, 15) is 14.4 Å². The number of anilines is 1. The minimum Gasteiger partial charge on any atom is -0.378 e. The molecular weight excluding hydrogens is 476 g/mol. The zero-order chi connectivity index (χ0) is 26.3. The number of pyridine rings is 1. The lowest BCUT2D eigenvalue weighted by Gasteiger charge is -2.28. The Bertz CT molecular complexity index is 1410. The van der Waals surface area contributed by atoms with Crippen LogP contribution in [0.3, 0.4) is 0 Å². The molecular formula is C32H28N2O4. The van der Waals surface area contributed by atoms with Crippen LogP contribution in [0.15, 0.2) is 97.3 Å². The lowest BCUT2D eigenvalue weighted by molar-refractivity contribution is 0.0984. The van der Waals surface area contributed by atoms with E-state index in [0.717, 1.165) is 43.1 Å². The number of carbonyl (C=O) groups excluding carboxylic acids is 3. The third kappa shape index (κ3) is 6.10. The fourth-order valence-electron chi connectivity index (χ4n) is 4.50. The number of ether oxygens (including phenoxy) is 1. The van der Waals surface area contributed by atoms with Crippen molar-refractivity contribution in [3.63, 3.8) is 0 Å². The Labute approximate surface area is 221 Å². The van der Waals surface area contributed by atoms with Crippen LogP contribution in [0.25, 0.3) is 0 Å². The number of Topliss-reactive ketones (excluding diaryl/α,β-unsaturated/α-hetero) is 2. The van der Waals surface area contributed by atoms with Gasteiger partial charge in [-0.2, -0.15) is 0 Å². The van der Waals surface area contributed by atoms with Gasteiger partial charge in [0.2, 0.25) is 0 Å². The number of carbonyl (C=O) groups is 3. The van der Waals surface area contributed by atoms with Crippen molar-refractivity contribution >= 4 is 23.0 Å². The predicted molar refractivity (Wildman–Crippen MR) is 146 cm³/mol. The molecule has 6 heteroatoms. The van der Waals surface area contributed by atoms with E-state index in [4.69, 9.17) is 4.74 Å². The molecule has 4 aromatic rings. The smallest absolute Gasteiger partial charge is 0.193 e. The molecule has 2 heterocycles. The van der Waals surface area contributed by atoms with Gasteiger partial charge < -0.3 is 9.64 Å². The normalized spacial score (nSPS) is 13.2. The van der Waals surface area contributed by atoms with Gasteiger partial charge in [0, 0.05) is 66.3 Å². The summed E-state index contributed by atoms with van der Waals surface area (Å²) in [6, 6.07) is 25.5. The fourth-order valence-corrected chi connectivity index (χ4v) is 4.50. The Balaban J connectivity index is 1.17. The van der Waals surface area contributed by atoms with E-state index >= 15 is 0 Å². The maximum Gasteiger partial charge on any atom is 0.193 e. The highest BCUT2D eigenvalue weighted by atomic mass is 16.5. The number of hydrogen-bond acceptors (Lipinski definition) is 6. The SMILES string of the molecule is O=C(Cc1ccc(C(=O)c2ccc(CC(=O)c3cccnc3)cc2)cc1)c1ccc(N2CCOCC2)cc1. The first-order valence-corrected chi connectivity index (χ1v) is 12.7. The van der Waals surface area contributed by atoms with Crippen molar-refractivity contribution in [2.75, 3.05) is 31.2 Å². The molecule has 0 unspecified atom stereocenters. The maximum absolute atomic E-state index is 13.0. The second-order valence-electron chi connectivity index (χ2n) is 9.31. The first-order valence-electron chi connectivity index (χ1n) is 12.7. The summed E-state index contributed by atoms with van der Waals surface area (Å²) in [6.07, 6.45) is 3.70. The van der Waals surface area contributed by atoms with Crippen LogP contribution >= 0.6 is 0 Å². The molecule has 0 radical (unpaired) electrons. The topological polar surface area (TPSA) is 76.6 Å². The van der Waals surface area contributed by atoms with Gasteiger partial charge in [0.1, 0.15) is 0 Å². The molecule has 1 saturated heterocycles. The molecule has 0 spiro atoms. The standard InChI is InChI=1S/C32H28N2O4/c35-30(25-11-13-29(14-12-25)34-16-18-38-19-17-34)20-23-3-7-26(8-4-23)32(37)27-9-5-24(6-10-27)21-31(36)28-2-1-15-33-22-28/h1-15,22H,16-21H2. The largest absolute Gasteiger partial charge is 0.378 e. The molecule has 0 N–H and O–H groups in total. The third-order valence-electron chi connectivity index (χ3n) is 6.71. The number of aromatic nitrogens is 1. The second kappa shape index (κ2) is 11.8. The number of rotatable bonds is 9. The van der Waals surface area contributed by atoms with Crippen molar-refractivity contribution in [1.82, 2.24) is 4.98 Å². The third-order valence-corrected chi connectivity index (χ3v) is 6.71. The lowest BCUT2D eigenvalue weighted by Crippen LogP contribution is -2.36. The number of morpholine rings is 1. The Morgan fingerprint density at radius 2 is 1.18 bits per heavy atom. The first kappa shape index (κ1) is 25.2. The van der Waals surface area contributed by atoms with Crippen molar-refractivity contribution in [3.8, 4) is 0 Å². The Kier molecular flexibility index (Phi) is 7.81. The van der Waals surface area contributed by atoms with Gasteiger partial charge in [-0.1, -0.05) is 48.5 Å². The molecule has 6 nitrogen and oxygen atoms in total. The second-order valence-corrected chi connectivity index (χ2v) is 9.31. The predicted octanol–water partition coefficient (Wildman–Crippen LogP) is 5.00. The van der Waals surface area contributed by atoms with Gasteiger partial charge in [0.15, 0.2) is 17.3 Å². The summed E-state index contributed by atoms with van der Waals surface area (Å²) in [6.45, 7) is 3.15. The molecule has 0 atom stereocenters. The minimum absolute atomic E-state index is 0.0182. The number of hydrogen-bond donors (Lipinski definition) is 0. The van der Waals surface area contributed by atoms with Gasteiger partial charge in [-0.25, -0.2) is 0 Å². The Morgan fingerprint density at radius 1 is 0.658 bits per heavy atom. The summed E-state index contributed by atoms with van der Waals surface area (Å²) in [5, 5.41) is 0. The summed E-state index contributed by atoms with van der Waals surface area (Å²) in [4.78, 5) is 44.4. The lowest BCUT2D eigenvalue weighted by atomic mass is 9.97. The molecule has 190 valence electrons. The van der Waals surface area contributed by atoms with Crippen LogP contribution in [0.5, 0.6) is 0 Å². The maximum atomic E-state index is 13.0. The molecule has 0 bridgehead atoms. The van der Waals surface area contributed by atoms with Crippen LogP contribution < -0.4 is 4.90 Å². The van der Waals surface area contributed by atoms with E-state index in [1.807, 2.05) is 36.4 Å². The van der Waals surface area contributed by atoms with Gasteiger partial charge in [-0.05, 0) is 47.5 Å². The molecule has 1 aliphatic heterocycles. The molecule has 0 amide bonds. The van der Waals surface area contributed by atoms with Crippen LogP contribution in [0, 0.1) is 0 Å². The van der Waals surface area contributed by atoms with Crippen LogP contribution in [0.1, 0.15) is 47.8 Å². The van der Waals surface area contributed by atoms with Gasteiger partial charge in [0.05, 0.1) is 13.2 Å². The molecule has 5 rings (SSSR count). The summed E-state index contributed by atoms with van der Waals surface area (Å²) in [7, 11) is 0. The Hall–Kier alpha value is -4.42. The number of nitrogens with zero attached hydrogens (tertiary/aromatic N) is 2. The molecule has 1 aliphatic rings. The highest BCUT2D eigenvalue weighted by Gasteiger charge is 2.14. The summed E-state index contributed by atoms with van der Waals surface area (Å²) in [5.74, 6) is -0.0869. The highest BCUT2D eigenvalue weighted by Crippen LogP contribution is 2.19. The van der Waals surface area contributed by atoms with Crippen LogP contribution in [-0.2, 0) is 17.6 Å². The molecule has 38 heavy (non-hydrogen) atoms. The molecule has 0 saturated carbocycles. The molecule has 3 aromatic carbocycles. The van der Waals surface area contributed by atoms with E-state index in [-0.39, 0.29) is 30.2 Å². The van der Waals surface area contributed by atoms with Gasteiger partial charge in [-0.15, -0.1) is 0 Å². The average Bonchev–Trinajstić information content (AvgIpc) is 2.98. The zero-order valence-corrected chi connectivity index (χ0v) is 21.0. The number of benzene rings is 3. The van der Waals surface area contributed by atoms with Crippen molar-refractivity contribution in [3.05, 3.63) is 131 Å². The monoisotopic (exact) mass is 504 g/mol. The van der Waals surface area contributed by atoms with Crippen molar-refractivity contribution in [1.29, 1.82) is 0 Å². The van der Waals surface area contributed by atoms with Crippen molar-refractivity contribution in [2.45, 2.75) is 12.8 Å². The quantitative estimate of drug-likeness (QED) is 0.299. The van der Waals surface area contributed by atoms with E-state index in [1.54, 1.807) is 60.9 Å². The fraction of sp³-hybridized carbons (Fsp3) is 0.188. The summed E-state index contributed by atoms with van der Waals surface area (Å²) >= 11 is 0. The van der Waals surface area contributed by atoms with Gasteiger partial charge >= 0.3 is 0 Å². The van der Waals surface area contributed by atoms with Crippen LogP contribution in [0.2, 0.25) is 0 Å². The minimum atomic E-state index is -0.105. The average molecular weight is 505 g/mol. The molecule has 1 aromatic heterocycles. The van der Waals surface area contributed by atoms with Gasteiger partial charge in [0.25, 0.3) is 0 Å². The van der Waals surface area contributed by atoms with Crippen LogP contribution in [-0.4, -0.2) is 48.6 Å². The van der Waals surface area contributed by atoms with E-state index in [0.29, 0.717) is 22.3 Å².